The number of benzene rings is 1. The van der Waals surface area contributed by atoms with Crippen molar-refractivity contribution < 1.29 is 0 Å². The van der Waals surface area contributed by atoms with E-state index in [0.717, 1.165) is 37.8 Å². The Labute approximate surface area is 196 Å². The standard InChI is InChI=1S/C22H33N7.HI/c1-3-21-27-25-16-28(21)12-11-24-22(23-2)26-18-13-19-9-10-20(14-18)29(19)15-17-7-5-4-6-8-17;/h4-8,16,18-20H,3,9-15H2,1-2H3,(H2,23,24,26);1H. The van der Waals surface area contributed by atoms with Crippen molar-refractivity contribution in [2.75, 3.05) is 13.6 Å². The number of aromatic nitrogens is 3. The molecule has 30 heavy (non-hydrogen) atoms. The smallest absolute Gasteiger partial charge is 0.191 e. The molecule has 0 aliphatic carbocycles. The first-order valence-corrected chi connectivity index (χ1v) is 10.9. The molecule has 3 heterocycles. The number of hydrogen-bond acceptors (Lipinski definition) is 4. The summed E-state index contributed by atoms with van der Waals surface area (Å²) in [5.41, 5.74) is 1.42. The molecule has 0 amide bonds. The first-order valence-electron chi connectivity index (χ1n) is 10.9. The summed E-state index contributed by atoms with van der Waals surface area (Å²) in [6.45, 7) is 4.84. The van der Waals surface area contributed by atoms with Gasteiger partial charge in [0.25, 0.3) is 0 Å². The Bertz CT molecular complexity index is 793. The van der Waals surface area contributed by atoms with Gasteiger partial charge in [0, 0.05) is 51.2 Å². The van der Waals surface area contributed by atoms with Crippen LogP contribution < -0.4 is 10.6 Å². The zero-order valence-electron chi connectivity index (χ0n) is 18.0. The van der Waals surface area contributed by atoms with E-state index in [-0.39, 0.29) is 24.0 Å². The molecule has 2 aliphatic rings. The Morgan fingerprint density at radius 1 is 1.17 bits per heavy atom. The topological polar surface area (TPSA) is 70.4 Å². The zero-order valence-corrected chi connectivity index (χ0v) is 20.3. The molecule has 7 nitrogen and oxygen atoms in total. The fraction of sp³-hybridized carbons (Fsp3) is 0.591. The fourth-order valence-electron chi connectivity index (χ4n) is 4.87. The highest BCUT2D eigenvalue weighted by Gasteiger charge is 2.40. The summed E-state index contributed by atoms with van der Waals surface area (Å²) in [6.07, 6.45) is 7.71. The van der Waals surface area contributed by atoms with Crippen LogP contribution in [0.5, 0.6) is 0 Å². The normalized spacial score (nSPS) is 23.8. The molecule has 8 heteroatoms. The number of nitrogens with one attached hydrogen (secondary N) is 2. The fourth-order valence-corrected chi connectivity index (χ4v) is 4.87. The molecule has 2 bridgehead atoms. The van der Waals surface area contributed by atoms with Crippen molar-refractivity contribution in [2.24, 2.45) is 4.99 Å². The molecule has 2 aliphatic heterocycles. The van der Waals surface area contributed by atoms with E-state index in [0.29, 0.717) is 18.1 Å². The van der Waals surface area contributed by atoms with Gasteiger partial charge in [-0.1, -0.05) is 37.3 Å². The van der Waals surface area contributed by atoms with Gasteiger partial charge in [0.1, 0.15) is 12.2 Å². The Hall–Kier alpha value is -1.68. The van der Waals surface area contributed by atoms with Crippen LogP contribution in [0.25, 0.3) is 0 Å². The van der Waals surface area contributed by atoms with Gasteiger partial charge in [0.05, 0.1) is 0 Å². The van der Waals surface area contributed by atoms with Gasteiger partial charge in [-0.2, -0.15) is 0 Å². The van der Waals surface area contributed by atoms with Gasteiger partial charge < -0.3 is 15.2 Å². The lowest BCUT2D eigenvalue weighted by molar-refractivity contribution is 0.114. The third-order valence-electron chi connectivity index (χ3n) is 6.31. The third kappa shape index (κ3) is 5.51. The largest absolute Gasteiger partial charge is 0.355 e. The molecular formula is C22H34IN7. The van der Waals surface area contributed by atoms with Gasteiger partial charge >= 0.3 is 0 Å². The summed E-state index contributed by atoms with van der Waals surface area (Å²) in [4.78, 5) is 7.17. The van der Waals surface area contributed by atoms with E-state index < -0.39 is 0 Å². The van der Waals surface area contributed by atoms with Crippen LogP contribution in [0.4, 0.5) is 0 Å². The maximum atomic E-state index is 4.44. The Morgan fingerprint density at radius 2 is 1.90 bits per heavy atom. The maximum absolute atomic E-state index is 4.44. The Kier molecular flexibility index (Phi) is 8.50. The molecular weight excluding hydrogens is 489 g/mol. The number of aliphatic imine (C=N–C) groups is 1. The van der Waals surface area contributed by atoms with Crippen LogP contribution in [0, 0.1) is 0 Å². The highest BCUT2D eigenvalue weighted by atomic mass is 127. The summed E-state index contributed by atoms with van der Waals surface area (Å²) < 4.78 is 2.10. The number of hydrogen-bond donors (Lipinski definition) is 2. The molecule has 2 saturated heterocycles. The summed E-state index contributed by atoms with van der Waals surface area (Å²) in [7, 11) is 1.85. The molecule has 2 fully saturated rings. The van der Waals surface area contributed by atoms with Gasteiger partial charge in [-0.3, -0.25) is 9.89 Å². The summed E-state index contributed by atoms with van der Waals surface area (Å²) in [6, 6.07) is 12.7. The molecule has 2 atom stereocenters. The van der Waals surface area contributed by atoms with Gasteiger partial charge in [0.15, 0.2) is 5.96 Å². The molecule has 0 saturated carbocycles. The van der Waals surface area contributed by atoms with Crippen LogP contribution in [-0.4, -0.2) is 57.3 Å². The quantitative estimate of drug-likeness (QED) is 0.332. The van der Waals surface area contributed by atoms with Crippen LogP contribution >= 0.6 is 24.0 Å². The van der Waals surface area contributed by atoms with Crippen molar-refractivity contribution in [3.05, 3.63) is 48.0 Å². The lowest BCUT2D eigenvalue weighted by Crippen LogP contribution is -2.52. The third-order valence-corrected chi connectivity index (χ3v) is 6.31. The Morgan fingerprint density at radius 3 is 2.57 bits per heavy atom. The highest BCUT2D eigenvalue weighted by Crippen LogP contribution is 2.36. The van der Waals surface area contributed by atoms with Crippen molar-refractivity contribution in [1.29, 1.82) is 0 Å². The minimum Gasteiger partial charge on any atom is -0.355 e. The molecule has 2 aromatic rings. The number of rotatable bonds is 7. The first-order chi connectivity index (χ1) is 14.3. The van der Waals surface area contributed by atoms with Crippen molar-refractivity contribution >= 4 is 29.9 Å². The van der Waals surface area contributed by atoms with E-state index in [4.69, 9.17) is 0 Å². The summed E-state index contributed by atoms with van der Waals surface area (Å²) in [5, 5.41) is 15.3. The molecule has 1 aromatic carbocycles. The average Bonchev–Trinajstić information content (AvgIpc) is 3.29. The molecule has 164 valence electrons. The number of fused-ring (bicyclic) bond motifs is 2. The molecule has 1 aromatic heterocycles. The van der Waals surface area contributed by atoms with E-state index in [9.17, 15) is 0 Å². The zero-order chi connectivity index (χ0) is 20.1. The van der Waals surface area contributed by atoms with Gasteiger partial charge in [0.2, 0.25) is 0 Å². The predicted molar refractivity (Wildman–Crippen MR) is 131 cm³/mol. The second-order valence-electron chi connectivity index (χ2n) is 8.15. The van der Waals surface area contributed by atoms with Crippen molar-refractivity contribution in [2.45, 2.75) is 70.2 Å². The van der Waals surface area contributed by atoms with Crippen LogP contribution in [0.2, 0.25) is 0 Å². The van der Waals surface area contributed by atoms with Crippen LogP contribution in [0.15, 0.2) is 41.7 Å². The summed E-state index contributed by atoms with van der Waals surface area (Å²) in [5.74, 6) is 1.93. The van der Waals surface area contributed by atoms with Crippen molar-refractivity contribution in [3.8, 4) is 0 Å². The maximum Gasteiger partial charge on any atom is 0.191 e. The highest BCUT2D eigenvalue weighted by molar-refractivity contribution is 14.0. The second-order valence-corrected chi connectivity index (χ2v) is 8.15. The van der Waals surface area contributed by atoms with Gasteiger partial charge in [-0.25, -0.2) is 0 Å². The SMILES string of the molecule is CCc1nncn1CCNC(=NC)NC1CC2CCC(C1)N2Cc1ccccc1.I. The molecule has 0 radical (unpaired) electrons. The minimum atomic E-state index is 0. The summed E-state index contributed by atoms with van der Waals surface area (Å²) >= 11 is 0. The van der Waals surface area contributed by atoms with E-state index in [1.807, 2.05) is 7.05 Å². The van der Waals surface area contributed by atoms with Crippen LogP contribution in [0.3, 0.4) is 0 Å². The lowest BCUT2D eigenvalue weighted by Gasteiger charge is -2.39. The van der Waals surface area contributed by atoms with Gasteiger partial charge in [-0.05, 0) is 31.2 Å². The number of nitrogens with zero attached hydrogens (tertiary/aromatic N) is 5. The lowest BCUT2D eigenvalue weighted by atomic mass is 9.96. The molecule has 4 rings (SSSR count). The van der Waals surface area contributed by atoms with E-state index in [1.165, 1.54) is 31.2 Å². The van der Waals surface area contributed by atoms with Crippen molar-refractivity contribution in [1.82, 2.24) is 30.3 Å². The average molecular weight is 523 g/mol. The van der Waals surface area contributed by atoms with Crippen molar-refractivity contribution in [3.63, 3.8) is 0 Å². The monoisotopic (exact) mass is 523 g/mol. The van der Waals surface area contributed by atoms with Gasteiger partial charge in [-0.15, -0.1) is 34.2 Å². The molecule has 2 N–H and O–H groups in total. The number of guanidine groups is 1. The number of piperidine rings is 1. The van der Waals surface area contributed by atoms with E-state index >= 15 is 0 Å². The van der Waals surface area contributed by atoms with E-state index in [2.05, 4.69) is 72.5 Å². The predicted octanol–water partition coefficient (Wildman–Crippen LogP) is 2.82. The van der Waals surface area contributed by atoms with Crippen LogP contribution in [0.1, 0.15) is 44.0 Å². The van der Waals surface area contributed by atoms with E-state index in [1.54, 1.807) is 6.33 Å². The molecule has 0 spiro atoms. The minimum absolute atomic E-state index is 0. The van der Waals surface area contributed by atoms with Crippen LogP contribution in [-0.2, 0) is 19.5 Å². The first kappa shape index (κ1) is 23.0. The Balaban J connectivity index is 0.00000256. The molecule has 2 unspecified atom stereocenters. The number of aryl methyl sites for hydroxylation is 1. The number of halogens is 1. The second kappa shape index (κ2) is 11.1.